The summed E-state index contributed by atoms with van der Waals surface area (Å²) in [6, 6.07) is 9.52. The number of carbonyl (C=O) groups excluding carboxylic acids is 1. The van der Waals surface area contributed by atoms with E-state index in [1.54, 1.807) is 0 Å². The number of unbranched alkanes of at least 4 members (excludes halogenated alkanes) is 15. The molecule has 0 fully saturated rings. The van der Waals surface area contributed by atoms with Gasteiger partial charge in [0.1, 0.15) is 6.04 Å². The Labute approximate surface area is 202 Å². The molecule has 33 heavy (non-hydrogen) atoms. The number of fused-ring (bicyclic) bond motifs is 1. The van der Waals surface area contributed by atoms with E-state index >= 15 is 0 Å². The van der Waals surface area contributed by atoms with Gasteiger partial charge in [-0.15, -0.1) is 0 Å². The molecule has 0 radical (unpaired) electrons. The van der Waals surface area contributed by atoms with E-state index in [2.05, 4.69) is 24.0 Å². The minimum Gasteiger partial charge on any atom is -0.465 e. The Morgan fingerprint density at radius 1 is 0.818 bits per heavy atom. The van der Waals surface area contributed by atoms with Gasteiger partial charge in [0.15, 0.2) is 0 Å². The molecule has 4 nitrogen and oxygen atoms in total. The van der Waals surface area contributed by atoms with E-state index in [9.17, 15) is 4.79 Å². The molecule has 0 aliphatic rings. The lowest BCUT2D eigenvalue weighted by Gasteiger charge is -2.10. The molecule has 0 saturated heterocycles. The second-order valence-corrected chi connectivity index (χ2v) is 9.66. The maximum atomic E-state index is 12.2. The maximum absolute atomic E-state index is 12.2. The van der Waals surface area contributed by atoms with E-state index in [4.69, 9.17) is 10.5 Å². The summed E-state index contributed by atoms with van der Waals surface area (Å²) in [5.74, 6) is -0.297. The SMILES string of the molecule is CCCCCCCCCCCCCCCCCCOC(=O)C(N)Cc1cc2ccccc2[nH]1. The first-order valence-corrected chi connectivity index (χ1v) is 13.7. The fourth-order valence-corrected chi connectivity index (χ4v) is 4.49. The van der Waals surface area contributed by atoms with Gasteiger partial charge in [-0.3, -0.25) is 4.79 Å². The number of nitrogens with two attached hydrogens (primary N) is 1. The molecular formula is C29H48N2O2. The highest BCUT2D eigenvalue weighted by Gasteiger charge is 2.16. The third-order valence-corrected chi connectivity index (χ3v) is 6.57. The molecule has 0 spiro atoms. The monoisotopic (exact) mass is 456 g/mol. The Hall–Kier alpha value is -1.81. The summed E-state index contributed by atoms with van der Waals surface area (Å²) in [6.45, 7) is 2.76. The van der Waals surface area contributed by atoms with Crippen LogP contribution in [0.25, 0.3) is 10.9 Å². The lowest BCUT2D eigenvalue weighted by molar-refractivity contribution is -0.145. The van der Waals surface area contributed by atoms with Crippen LogP contribution >= 0.6 is 0 Å². The van der Waals surface area contributed by atoms with Crippen molar-refractivity contribution in [2.45, 2.75) is 122 Å². The average Bonchev–Trinajstić information content (AvgIpc) is 3.23. The van der Waals surface area contributed by atoms with Crippen molar-refractivity contribution < 1.29 is 9.53 Å². The molecular weight excluding hydrogens is 408 g/mol. The molecule has 1 aromatic carbocycles. The summed E-state index contributed by atoms with van der Waals surface area (Å²) in [5.41, 5.74) is 8.09. The van der Waals surface area contributed by atoms with Crippen LogP contribution in [0.3, 0.4) is 0 Å². The molecule has 0 amide bonds. The molecule has 0 saturated carbocycles. The van der Waals surface area contributed by atoms with Crippen LogP contribution < -0.4 is 5.73 Å². The van der Waals surface area contributed by atoms with Crippen molar-refractivity contribution in [1.82, 2.24) is 4.98 Å². The Kier molecular flexibility index (Phi) is 14.7. The topological polar surface area (TPSA) is 68.1 Å². The van der Waals surface area contributed by atoms with Crippen LogP contribution in [-0.4, -0.2) is 23.6 Å². The number of nitrogens with one attached hydrogen (secondary N) is 1. The van der Waals surface area contributed by atoms with E-state index in [1.807, 2.05) is 18.2 Å². The zero-order chi connectivity index (χ0) is 23.6. The van der Waals surface area contributed by atoms with Crippen LogP contribution in [0.1, 0.15) is 115 Å². The van der Waals surface area contributed by atoms with Crippen molar-refractivity contribution in [1.29, 1.82) is 0 Å². The van der Waals surface area contributed by atoms with Gasteiger partial charge in [0.25, 0.3) is 0 Å². The molecule has 3 N–H and O–H groups in total. The molecule has 0 bridgehead atoms. The van der Waals surface area contributed by atoms with Crippen LogP contribution in [-0.2, 0) is 16.0 Å². The Morgan fingerprint density at radius 2 is 1.33 bits per heavy atom. The maximum Gasteiger partial charge on any atom is 0.323 e. The number of aromatic amines is 1. The minimum absolute atomic E-state index is 0.297. The summed E-state index contributed by atoms with van der Waals surface area (Å²) in [4.78, 5) is 15.5. The highest BCUT2D eigenvalue weighted by atomic mass is 16.5. The van der Waals surface area contributed by atoms with Crippen LogP contribution in [0.4, 0.5) is 0 Å². The normalized spacial score (nSPS) is 12.3. The second kappa shape index (κ2) is 17.6. The largest absolute Gasteiger partial charge is 0.465 e. The van der Waals surface area contributed by atoms with Gasteiger partial charge < -0.3 is 15.5 Å². The molecule has 2 aromatic rings. The van der Waals surface area contributed by atoms with Crippen molar-refractivity contribution in [3.8, 4) is 0 Å². The fraction of sp³-hybridized carbons (Fsp3) is 0.690. The molecule has 4 heteroatoms. The second-order valence-electron chi connectivity index (χ2n) is 9.66. The molecule has 1 heterocycles. The number of carbonyl (C=O) groups is 1. The fourth-order valence-electron chi connectivity index (χ4n) is 4.49. The average molecular weight is 457 g/mol. The molecule has 1 unspecified atom stereocenters. The molecule has 2 rings (SSSR count). The van der Waals surface area contributed by atoms with Crippen molar-refractivity contribution in [2.75, 3.05) is 6.61 Å². The molecule has 1 aromatic heterocycles. The van der Waals surface area contributed by atoms with Gasteiger partial charge >= 0.3 is 5.97 Å². The number of hydrogen-bond donors (Lipinski definition) is 2. The van der Waals surface area contributed by atoms with Gasteiger partial charge in [0, 0.05) is 17.6 Å². The molecule has 0 aliphatic heterocycles. The quantitative estimate of drug-likeness (QED) is 0.157. The Balaban J connectivity index is 1.36. The number of benzene rings is 1. The zero-order valence-corrected chi connectivity index (χ0v) is 21.1. The van der Waals surface area contributed by atoms with E-state index in [0.717, 1.165) is 29.4 Å². The van der Waals surface area contributed by atoms with Gasteiger partial charge in [-0.2, -0.15) is 0 Å². The first kappa shape index (κ1) is 27.4. The number of rotatable bonds is 20. The smallest absolute Gasteiger partial charge is 0.323 e. The number of H-pyrrole nitrogens is 1. The van der Waals surface area contributed by atoms with Gasteiger partial charge in [0.2, 0.25) is 0 Å². The zero-order valence-electron chi connectivity index (χ0n) is 21.1. The lowest BCUT2D eigenvalue weighted by atomic mass is 10.0. The first-order valence-electron chi connectivity index (χ1n) is 13.7. The van der Waals surface area contributed by atoms with E-state index in [0.29, 0.717) is 13.0 Å². The van der Waals surface area contributed by atoms with Crippen molar-refractivity contribution >= 4 is 16.9 Å². The van der Waals surface area contributed by atoms with Gasteiger partial charge in [0.05, 0.1) is 6.61 Å². The van der Waals surface area contributed by atoms with Crippen molar-refractivity contribution in [2.24, 2.45) is 5.73 Å². The van der Waals surface area contributed by atoms with Crippen molar-refractivity contribution in [3.63, 3.8) is 0 Å². The van der Waals surface area contributed by atoms with Crippen LogP contribution in [0.15, 0.2) is 30.3 Å². The summed E-state index contributed by atoms with van der Waals surface area (Å²) in [6.07, 6.45) is 21.9. The number of para-hydroxylation sites is 1. The highest BCUT2D eigenvalue weighted by Crippen LogP contribution is 2.16. The van der Waals surface area contributed by atoms with E-state index in [1.165, 1.54) is 89.9 Å². The Bertz CT molecular complexity index is 722. The minimum atomic E-state index is -0.612. The third kappa shape index (κ3) is 12.3. The number of hydrogen-bond acceptors (Lipinski definition) is 3. The number of aromatic nitrogens is 1. The van der Waals surface area contributed by atoms with E-state index in [-0.39, 0.29) is 5.97 Å². The number of esters is 1. The van der Waals surface area contributed by atoms with Crippen molar-refractivity contribution in [3.05, 3.63) is 36.0 Å². The van der Waals surface area contributed by atoms with Gasteiger partial charge in [-0.1, -0.05) is 121 Å². The summed E-state index contributed by atoms with van der Waals surface area (Å²) in [7, 11) is 0. The standard InChI is InChI=1S/C29H48N2O2/c1-2-3-4-5-6-7-8-9-10-11-12-13-14-15-16-19-22-33-29(32)27(30)24-26-23-25-20-17-18-21-28(25)31-26/h17-18,20-21,23,27,31H,2-16,19,22,24,30H2,1H3. The summed E-state index contributed by atoms with van der Waals surface area (Å²) < 4.78 is 5.39. The Morgan fingerprint density at radius 3 is 1.88 bits per heavy atom. The lowest BCUT2D eigenvalue weighted by Crippen LogP contribution is -2.34. The van der Waals surface area contributed by atoms with Gasteiger partial charge in [-0.25, -0.2) is 0 Å². The van der Waals surface area contributed by atoms with Crippen LogP contribution in [0.5, 0.6) is 0 Å². The summed E-state index contributed by atoms with van der Waals surface area (Å²) in [5, 5.41) is 1.14. The van der Waals surface area contributed by atoms with Crippen LogP contribution in [0, 0.1) is 0 Å². The molecule has 1 atom stereocenters. The van der Waals surface area contributed by atoms with Crippen LogP contribution in [0.2, 0.25) is 0 Å². The summed E-state index contributed by atoms with van der Waals surface area (Å²) >= 11 is 0. The van der Waals surface area contributed by atoms with Gasteiger partial charge in [-0.05, 0) is 23.9 Å². The molecule has 0 aliphatic carbocycles. The number of ether oxygens (including phenoxy) is 1. The first-order chi connectivity index (χ1) is 16.2. The highest BCUT2D eigenvalue weighted by molar-refractivity contribution is 5.81. The predicted molar refractivity (Wildman–Crippen MR) is 140 cm³/mol. The predicted octanol–water partition coefficient (Wildman–Crippen LogP) is 7.84. The third-order valence-electron chi connectivity index (χ3n) is 6.57. The molecule has 186 valence electrons. The van der Waals surface area contributed by atoms with E-state index < -0.39 is 6.04 Å².